The number of hydrogen-bond donors (Lipinski definition) is 1. The maximum absolute atomic E-state index is 13.1. The number of esters is 1. The highest BCUT2D eigenvalue weighted by Gasteiger charge is 2.17. The van der Waals surface area contributed by atoms with Crippen LogP contribution in [-0.2, 0) is 9.59 Å². The van der Waals surface area contributed by atoms with Crippen LogP contribution in [-0.4, -0.2) is 17.0 Å². The fourth-order valence-corrected chi connectivity index (χ4v) is 1.13. The molecule has 0 aliphatic carbocycles. The van der Waals surface area contributed by atoms with Crippen molar-refractivity contribution < 1.29 is 28.2 Å². The second-order valence-corrected chi connectivity index (χ2v) is 3.15. The Morgan fingerprint density at radius 1 is 1.38 bits per heavy atom. The first-order valence-electron chi connectivity index (χ1n) is 3.97. The predicted molar refractivity (Wildman–Crippen MR) is 49.3 cm³/mol. The topological polar surface area (TPSA) is 63.6 Å². The first-order valence-corrected chi connectivity index (χ1v) is 4.35. The van der Waals surface area contributed by atoms with Gasteiger partial charge in [0.05, 0.1) is 5.02 Å². The molecule has 0 saturated heterocycles. The molecule has 0 bridgehead atoms. The molecule has 7 heteroatoms. The number of carboxylic acid groups (broad SMARTS) is 1. The Labute approximate surface area is 93.4 Å². The minimum Gasteiger partial charge on any atom is -0.481 e. The summed E-state index contributed by atoms with van der Waals surface area (Å²) in [5.74, 6) is -5.41. The molecule has 0 atom stereocenters. The number of rotatable bonds is 3. The van der Waals surface area contributed by atoms with Crippen LogP contribution in [0.2, 0.25) is 5.02 Å². The van der Waals surface area contributed by atoms with Gasteiger partial charge in [0.15, 0.2) is 11.6 Å². The number of carboxylic acids is 1. The summed E-state index contributed by atoms with van der Waals surface area (Å²) in [5.41, 5.74) is 0. The molecule has 1 rings (SSSR count). The van der Waals surface area contributed by atoms with Crippen LogP contribution in [0.4, 0.5) is 8.78 Å². The molecule has 86 valence electrons. The van der Waals surface area contributed by atoms with E-state index in [2.05, 4.69) is 4.74 Å². The monoisotopic (exact) mass is 250 g/mol. The van der Waals surface area contributed by atoms with Crippen LogP contribution >= 0.6 is 11.6 Å². The summed E-state index contributed by atoms with van der Waals surface area (Å²) in [6.45, 7) is 0. The van der Waals surface area contributed by atoms with Crippen LogP contribution < -0.4 is 4.74 Å². The van der Waals surface area contributed by atoms with Gasteiger partial charge in [-0.05, 0) is 6.07 Å². The molecule has 0 aliphatic heterocycles. The van der Waals surface area contributed by atoms with Gasteiger partial charge < -0.3 is 9.84 Å². The maximum atomic E-state index is 13.1. The summed E-state index contributed by atoms with van der Waals surface area (Å²) in [5, 5.41) is 7.81. The lowest BCUT2D eigenvalue weighted by Gasteiger charge is -2.06. The molecular formula is C9H5ClF2O4. The maximum Gasteiger partial charge on any atom is 0.322 e. The van der Waals surface area contributed by atoms with Crippen molar-refractivity contribution in [3.8, 4) is 5.75 Å². The van der Waals surface area contributed by atoms with Crippen LogP contribution in [0, 0.1) is 11.6 Å². The minimum atomic E-state index is -1.43. The van der Waals surface area contributed by atoms with Crippen molar-refractivity contribution in [2.75, 3.05) is 0 Å². The summed E-state index contributed by atoms with van der Waals surface area (Å²) >= 11 is 5.41. The molecule has 0 aromatic heterocycles. The van der Waals surface area contributed by atoms with Gasteiger partial charge >= 0.3 is 11.9 Å². The van der Waals surface area contributed by atoms with E-state index in [1.54, 1.807) is 0 Å². The van der Waals surface area contributed by atoms with Crippen molar-refractivity contribution in [2.45, 2.75) is 6.42 Å². The van der Waals surface area contributed by atoms with Crippen LogP contribution in [0.25, 0.3) is 0 Å². The highest BCUT2D eigenvalue weighted by molar-refractivity contribution is 6.32. The van der Waals surface area contributed by atoms with E-state index in [0.717, 1.165) is 6.07 Å². The molecule has 0 fully saturated rings. The summed E-state index contributed by atoms with van der Waals surface area (Å²) in [6, 6.07) is 1.21. The number of carbonyl (C=O) groups excluding carboxylic acids is 1. The molecule has 1 aromatic carbocycles. The van der Waals surface area contributed by atoms with E-state index >= 15 is 0 Å². The number of benzene rings is 1. The Bertz CT molecular complexity index is 424. The second kappa shape index (κ2) is 4.89. The summed E-state index contributed by atoms with van der Waals surface area (Å²) < 4.78 is 30.0. The average Bonchev–Trinajstić information content (AvgIpc) is 2.09. The van der Waals surface area contributed by atoms with Gasteiger partial charge in [-0.2, -0.15) is 0 Å². The van der Waals surface area contributed by atoms with E-state index < -0.39 is 40.8 Å². The molecule has 0 aliphatic rings. The molecule has 0 spiro atoms. The first kappa shape index (κ1) is 12.4. The van der Waals surface area contributed by atoms with Crippen molar-refractivity contribution in [3.63, 3.8) is 0 Å². The van der Waals surface area contributed by atoms with Gasteiger partial charge in [-0.15, -0.1) is 0 Å². The molecule has 1 aromatic rings. The number of hydrogen-bond acceptors (Lipinski definition) is 3. The summed E-state index contributed by atoms with van der Waals surface area (Å²) in [7, 11) is 0. The van der Waals surface area contributed by atoms with E-state index in [0.29, 0.717) is 6.07 Å². The Hall–Kier alpha value is -1.69. The number of aliphatic carboxylic acids is 1. The van der Waals surface area contributed by atoms with Crippen molar-refractivity contribution in [2.24, 2.45) is 0 Å². The van der Waals surface area contributed by atoms with Gasteiger partial charge in [-0.3, -0.25) is 9.59 Å². The molecule has 16 heavy (non-hydrogen) atoms. The third-order valence-electron chi connectivity index (χ3n) is 1.47. The highest BCUT2D eigenvalue weighted by atomic mass is 35.5. The van der Waals surface area contributed by atoms with Gasteiger partial charge in [0.25, 0.3) is 0 Å². The predicted octanol–water partition coefficient (Wildman–Crippen LogP) is 2.00. The molecule has 0 radical (unpaired) electrons. The van der Waals surface area contributed by atoms with E-state index in [9.17, 15) is 18.4 Å². The number of halogens is 3. The SMILES string of the molecule is O=C(O)CC(=O)Oc1c(F)cc(F)cc1Cl. The molecule has 4 nitrogen and oxygen atoms in total. The quantitative estimate of drug-likeness (QED) is 0.506. The zero-order valence-electron chi connectivity index (χ0n) is 7.67. The zero-order valence-corrected chi connectivity index (χ0v) is 8.42. The highest BCUT2D eigenvalue weighted by Crippen LogP contribution is 2.28. The molecule has 0 heterocycles. The Balaban J connectivity index is 2.89. The Kier molecular flexibility index (Phi) is 3.78. The van der Waals surface area contributed by atoms with Crippen LogP contribution in [0.1, 0.15) is 6.42 Å². The number of carbonyl (C=O) groups is 2. The lowest BCUT2D eigenvalue weighted by atomic mass is 10.3. The Morgan fingerprint density at radius 3 is 2.50 bits per heavy atom. The van der Waals surface area contributed by atoms with Crippen molar-refractivity contribution in [3.05, 3.63) is 28.8 Å². The largest absolute Gasteiger partial charge is 0.481 e. The smallest absolute Gasteiger partial charge is 0.322 e. The Morgan fingerprint density at radius 2 is 2.00 bits per heavy atom. The third kappa shape index (κ3) is 3.16. The van der Waals surface area contributed by atoms with Crippen LogP contribution in [0.3, 0.4) is 0 Å². The first-order chi connectivity index (χ1) is 7.40. The summed E-state index contributed by atoms with van der Waals surface area (Å²) in [4.78, 5) is 21.0. The van der Waals surface area contributed by atoms with Crippen LogP contribution in [0.5, 0.6) is 5.75 Å². The standard InChI is InChI=1S/C9H5ClF2O4/c10-5-1-4(11)2-6(12)9(5)16-8(15)3-7(13)14/h1-2H,3H2,(H,13,14). The normalized spacial score (nSPS) is 9.94. The lowest BCUT2D eigenvalue weighted by Crippen LogP contribution is -2.14. The lowest BCUT2D eigenvalue weighted by molar-refractivity contribution is -0.145. The molecular weight excluding hydrogens is 246 g/mol. The van der Waals surface area contributed by atoms with Crippen molar-refractivity contribution >= 4 is 23.5 Å². The fraction of sp³-hybridized carbons (Fsp3) is 0.111. The summed E-state index contributed by atoms with van der Waals surface area (Å²) in [6.07, 6.45) is -0.937. The number of ether oxygens (including phenoxy) is 1. The molecule has 0 amide bonds. The van der Waals surface area contributed by atoms with Gasteiger partial charge in [-0.25, -0.2) is 8.78 Å². The molecule has 0 unspecified atom stereocenters. The van der Waals surface area contributed by atoms with Crippen LogP contribution in [0.15, 0.2) is 12.1 Å². The van der Waals surface area contributed by atoms with Gasteiger partial charge in [0.2, 0.25) is 0 Å². The average molecular weight is 251 g/mol. The second-order valence-electron chi connectivity index (χ2n) is 2.74. The van der Waals surface area contributed by atoms with Gasteiger partial charge in [0, 0.05) is 6.07 Å². The van der Waals surface area contributed by atoms with Gasteiger partial charge in [0.1, 0.15) is 12.2 Å². The van der Waals surface area contributed by atoms with Crippen molar-refractivity contribution in [1.82, 2.24) is 0 Å². The van der Waals surface area contributed by atoms with Crippen molar-refractivity contribution in [1.29, 1.82) is 0 Å². The third-order valence-corrected chi connectivity index (χ3v) is 1.76. The van der Waals surface area contributed by atoms with Gasteiger partial charge in [-0.1, -0.05) is 11.6 Å². The minimum absolute atomic E-state index is 0.448. The van der Waals surface area contributed by atoms with E-state index in [-0.39, 0.29) is 0 Å². The zero-order chi connectivity index (χ0) is 12.3. The molecule has 0 saturated carbocycles. The van der Waals surface area contributed by atoms with E-state index in [1.165, 1.54) is 0 Å². The molecule has 1 N–H and O–H groups in total. The van der Waals surface area contributed by atoms with E-state index in [1.807, 2.05) is 0 Å². The fourth-order valence-electron chi connectivity index (χ4n) is 0.900. The van der Waals surface area contributed by atoms with E-state index in [4.69, 9.17) is 16.7 Å².